The first-order valence-electron chi connectivity index (χ1n) is 11.1. The molecule has 0 fully saturated rings. The van der Waals surface area contributed by atoms with Crippen molar-refractivity contribution < 1.29 is 8.78 Å². The van der Waals surface area contributed by atoms with E-state index in [1.807, 2.05) is 25.1 Å². The smallest absolute Gasteiger partial charge is 0.123 e. The summed E-state index contributed by atoms with van der Waals surface area (Å²) >= 11 is 0. The second-order valence-electron chi connectivity index (χ2n) is 8.87. The summed E-state index contributed by atoms with van der Waals surface area (Å²) < 4.78 is 25.0. The molecule has 0 amide bonds. The molecule has 0 aliphatic heterocycles. The Morgan fingerprint density at radius 3 is 1.42 bits per heavy atom. The van der Waals surface area contributed by atoms with Gasteiger partial charge in [0.2, 0.25) is 0 Å². The van der Waals surface area contributed by atoms with Crippen molar-refractivity contribution in [2.75, 3.05) is 0 Å². The van der Waals surface area contributed by atoms with Crippen LogP contribution in [-0.2, 0) is 0 Å². The molecule has 3 rings (SSSR count). The summed E-state index contributed by atoms with van der Waals surface area (Å²) in [5.74, 6) is 1.31. The normalized spacial score (nSPS) is 10.5. The predicted octanol–water partition coefficient (Wildman–Crippen LogP) is 9.33. The lowest BCUT2D eigenvalue weighted by Crippen LogP contribution is -1.91. The molecule has 0 nitrogen and oxygen atoms in total. The fraction of sp³-hybridized carbons (Fsp3) is 0.379. The van der Waals surface area contributed by atoms with Crippen molar-refractivity contribution in [1.29, 1.82) is 0 Å². The van der Waals surface area contributed by atoms with Crippen LogP contribution in [0.3, 0.4) is 0 Å². The third kappa shape index (κ3) is 9.46. The van der Waals surface area contributed by atoms with Gasteiger partial charge in [-0.05, 0) is 83.7 Å². The summed E-state index contributed by atoms with van der Waals surface area (Å²) in [4.78, 5) is 0. The van der Waals surface area contributed by atoms with Crippen molar-refractivity contribution in [2.45, 2.75) is 73.1 Å². The molecule has 2 heteroatoms. The summed E-state index contributed by atoms with van der Waals surface area (Å²) in [6.45, 7) is 17.0. The molecule has 0 saturated heterocycles. The molecule has 0 unspecified atom stereocenters. The maximum absolute atomic E-state index is 12.6. The van der Waals surface area contributed by atoms with Gasteiger partial charge < -0.3 is 0 Å². The van der Waals surface area contributed by atoms with Crippen LogP contribution in [0.4, 0.5) is 8.78 Å². The minimum absolute atomic E-state index is 0.146. The van der Waals surface area contributed by atoms with E-state index < -0.39 is 0 Å². The van der Waals surface area contributed by atoms with E-state index in [1.54, 1.807) is 6.07 Å². The molecule has 31 heavy (non-hydrogen) atoms. The Hall–Kier alpha value is -2.48. The fourth-order valence-corrected chi connectivity index (χ4v) is 3.37. The largest absolute Gasteiger partial charge is 0.207 e. The molecule has 168 valence electrons. The van der Waals surface area contributed by atoms with E-state index in [4.69, 9.17) is 0 Å². The molecular weight excluding hydrogens is 386 g/mol. The molecule has 0 N–H and O–H groups in total. The maximum atomic E-state index is 12.6. The Morgan fingerprint density at radius 1 is 0.516 bits per heavy atom. The Bertz CT molecular complexity index is 906. The molecular formula is C29H38F2. The number of halogens is 2. The van der Waals surface area contributed by atoms with Crippen LogP contribution in [0, 0.1) is 25.5 Å². The van der Waals surface area contributed by atoms with Crippen LogP contribution in [-0.4, -0.2) is 0 Å². The first kappa shape index (κ1) is 26.6. The highest BCUT2D eigenvalue weighted by atomic mass is 19.1. The monoisotopic (exact) mass is 424 g/mol. The Balaban J connectivity index is 0.000000233. The van der Waals surface area contributed by atoms with Gasteiger partial charge in [-0.1, -0.05) is 84.0 Å². The fourth-order valence-electron chi connectivity index (χ4n) is 3.37. The van der Waals surface area contributed by atoms with E-state index in [2.05, 4.69) is 72.7 Å². The number of benzene rings is 3. The average Bonchev–Trinajstić information content (AvgIpc) is 2.69. The van der Waals surface area contributed by atoms with Gasteiger partial charge in [0.05, 0.1) is 0 Å². The summed E-state index contributed by atoms with van der Waals surface area (Å²) in [5.41, 5.74) is 6.31. The molecule has 0 aliphatic rings. The van der Waals surface area contributed by atoms with Crippen LogP contribution in [0.2, 0.25) is 0 Å². The Kier molecular flexibility index (Phi) is 11.2. The zero-order valence-corrected chi connectivity index (χ0v) is 20.3. The summed E-state index contributed by atoms with van der Waals surface area (Å²) in [7, 11) is 0. The van der Waals surface area contributed by atoms with Crippen molar-refractivity contribution in [3.63, 3.8) is 0 Å². The van der Waals surface area contributed by atoms with Crippen LogP contribution in [0.1, 0.15) is 87.1 Å². The molecule has 0 heterocycles. The quantitative estimate of drug-likeness (QED) is 0.393. The molecule has 0 aromatic heterocycles. The van der Waals surface area contributed by atoms with Gasteiger partial charge in [0, 0.05) is 0 Å². The van der Waals surface area contributed by atoms with Crippen LogP contribution >= 0.6 is 0 Å². The van der Waals surface area contributed by atoms with Crippen molar-refractivity contribution in [1.82, 2.24) is 0 Å². The lowest BCUT2D eigenvalue weighted by Gasteiger charge is -2.08. The van der Waals surface area contributed by atoms with E-state index in [0.29, 0.717) is 17.8 Å². The van der Waals surface area contributed by atoms with Gasteiger partial charge in [0.25, 0.3) is 0 Å². The minimum Gasteiger partial charge on any atom is -0.207 e. The van der Waals surface area contributed by atoms with E-state index in [0.717, 1.165) is 5.56 Å². The lowest BCUT2D eigenvalue weighted by atomic mass is 9.98. The first-order valence-corrected chi connectivity index (χ1v) is 11.1. The van der Waals surface area contributed by atoms with Gasteiger partial charge in [-0.15, -0.1) is 0 Å². The van der Waals surface area contributed by atoms with Gasteiger partial charge in [-0.2, -0.15) is 0 Å². The Morgan fingerprint density at radius 2 is 1.00 bits per heavy atom. The van der Waals surface area contributed by atoms with Gasteiger partial charge in [0.1, 0.15) is 11.6 Å². The van der Waals surface area contributed by atoms with Crippen molar-refractivity contribution in [2.24, 2.45) is 0 Å². The van der Waals surface area contributed by atoms with Crippen molar-refractivity contribution in [3.05, 3.63) is 106 Å². The van der Waals surface area contributed by atoms with Gasteiger partial charge in [0.15, 0.2) is 0 Å². The average molecular weight is 425 g/mol. The van der Waals surface area contributed by atoms with Gasteiger partial charge in [-0.25, -0.2) is 8.78 Å². The van der Waals surface area contributed by atoms with E-state index in [-0.39, 0.29) is 11.6 Å². The molecule has 0 radical (unpaired) electrons. The van der Waals surface area contributed by atoms with Crippen LogP contribution in [0.15, 0.2) is 66.7 Å². The summed E-state index contributed by atoms with van der Waals surface area (Å²) in [6.07, 6.45) is 0. The lowest BCUT2D eigenvalue weighted by molar-refractivity contribution is 0.624. The topological polar surface area (TPSA) is 0 Å². The maximum Gasteiger partial charge on any atom is 0.123 e. The molecule has 0 aliphatic carbocycles. The van der Waals surface area contributed by atoms with Crippen LogP contribution in [0.25, 0.3) is 0 Å². The second-order valence-corrected chi connectivity index (χ2v) is 8.87. The van der Waals surface area contributed by atoms with E-state index in [9.17, 15) is 8.78 Å². The third-order valence-corrected chi connectivity index (χ3v) is 5.20. The van der Waals surface area contributed by atoms with E-state index in [1.165, 1.54) is 40.5 Å². The summed E-state index contributed by atoms with van der Waals surface area (Å²) in [6, 6.07) is 20.1. The van der Waals surface area contributed by atoms with Gasteiger partial charge >= 0.3 is 0 Å². The highest BCUT2D eigenvalue weighted by molar-refractivity contribution is 5.29. The minimum atomic E-state index is -0.163. The number of hydrogen-bond donors (Lipinski definition) is 0. The number of hydrogen-bond acceptors (Lipinski definition) is 0. The van der Waals surface area contributed by atoms with Crippen LogP contribution in [0.5, 0.6) is 0 Å². The first-order chi connectivity index (χ1) is 14.5. The standard InChI is InChI=1S/C10H13F.C10H14.C9H11F/c1-7(2)10-5-4-9(11)6-8(10)3;1-8(2)10-7-5-4-6-9(10)3;1-7(2)8-3-5-9(10)6-4-8/h4-7H,1-3H3;4-8H,1-3H3;3-7H,1-2H3. The molecule has 0 atom stereocenters. The molecule has 0 spiro atoms. The zero-order valence-electron chi connectivity index (χ0n) is 20.3. The SMILES string of the molecule is CC(C)c1ccc(F)cc1.Cc1cc(F)ccc1C(C)C.Cc1ccccc1C(C)C. The molecule has 0 bridgehead atoms. The number of rotatable bonds is 3. The van der Waals surface area contributed by atoms with E-state index >= 15 is 0 Å². The molecule has 3 aromatic rings. The highest BCUT2D eigenvalue weighted by Crippen LogP contribution is 2.19. The predicted molar refractivity (Wildman–Crippen MR) is 131 cm³/mol. The molecule has 3 aromatic carbocycles. The highest BCUT2D eigenvalue weighted by Gasteiger charge is 2.03. The molecule has 0 saturated carbocycles. The summed E-state index contributed by atoms with van der Waals surface area (Å²) in [5, 5.41) is 0. The van der Waals surface area contributed by atoms with Crippen LogP contribution < -0.4 is 0 Å². The Labute approximate surface area is 188 Å². The zero-order chi connectivity index (χ0) is 23.6. The van der Waals surface area contributed by atoms with Crippen molar-refractivity contribution >= 4 is 0 Å². The third-order valence-electron chi connectivity index (χ3n) is 5.20. The van der Waals surface area contributed by atoms with Crippen molar-refractivity contribution in [3.8, 4) is 0 Å². The number of aryl methyl sites for hydroxylation is 2. The van der Waals surface area contributed by atoms with Gasteiger partial charge in [-0.3, -0.25) is 0 Å². The second kappa shape index (κ2) is 13.0.